The van der Waals surface area contributed by atoms with Crippen molar-refractivity contribution >= 4 is 17.8 Å². The lowest BCUT2D eigenvalue weighted by Gasteiger charge is -2.32. The number of carboxylic acid groups (broad SMARTS) is 1. The van der Waals surface area contributed by atoms with Crippen LogP contribution in [-0.2, 0) is 11.2 Å². The van der Waals surface area contributed by atoms with E-state index in [1.807, 2.05) is 24.3 Å². The van der Waals surface area contributed by atoms with Crippen LogP contribution in [0.3, 0.4) is 0 Å². The molecule has 0 aromatic heterocycles. The van der Waals surface area contributed by atoms with Crippen LogP contribution in [-0.4, -0.2) is 54.0 Å². The average Bonchev–Trinajstić information content (AvgIpc) is 2.74. The fraction of sp³-hybridized carbons (Fsp3) is 0.318. The number of rotatable bonds is 6. The highest BCUT2D eigenvalue weighted by atomic mass is 16.5. The van der Waals surface area contributed by atoms with Gasteiger partial charge in [0.05, 0.1) is 19.1 Å². The molecule has 0 bridgehead atoms. The fourth-order valence-corrected chi connectivity index (χ4v) is 3.46. The Morgan fingerprint density at radius 3 is 2.45 bits per heavy atom. The SMILES string of the molecule is COc1ccccc1CC(=O)N1CCC(NC(=O)c2cccc(C(=O)O)c2)CC1. The molecule has 1 saturated heterocycles. The number of carbonyl (C=O) groups is 3. The quantitative estimate of drug-likeness (QED) is 0.781. The van der Waals surface area contributed by atoms with Crippen molar-refractivity contribution < 1.29 is 24.2 Å². The maximum absolute atomic E-state index is 12.6. The van der Waals surface area contributed by atoms with E-state index in [4.69, 9.17) is 9.84 Å². The smallest absolute Gasteiger partial charge is 0.335 e. The number of aromatic carboxylic acids is 1. The van der Waals surface area contributed by atoms with Gasteiger partial charge in [-0.3, -0.25) is 9.59 Å². The first-order valence-electron chi connectivity index (χ1n) is 9.52. The average molecular weight is 396 g/mol. The zero-order chi connectivity index (χ0) is 20.8. The van der Waals surface area contributed by atoms with Crippen molar-refractivity contribution in [2.24, 2.45) is 0 Å². The molecule has 7 nitrogen and oxygen atoms in total. The number of nitrogens with zero attached hydrogens (tertiary/aromatic N) is 1. The summed E-state index contributed by atoms with van der Waals surface area (Å²) in [5.41, 5.74) is 1.25. The molecule has 0 unspecified atom stereocenters. The topological polar surface area (TPSA) is 95.9 Å². The van der Waals surface area contributed by atoms with E-state index in [2.05, 4.69) is 5.32 Å². The van der Waals surface area contributed by atoms with Crippen LogP contribution in [0.15, 0.2) is 48.5 Å². The minimum atomic E-state index is -1.07. The Morgan fingerprint density at radius 1 is 1.07 bits per heavy atom. The normalized spacial score (nSPS) is 14.3. The highest BCUT2D eigenvalue weighted by Gasteiger charge is 2.25. The standard InChI is InChI=1S/C22H24N2O5/c1-29-19-8-3-2-5-15(19)14-20(25)24-11-9-18(10-12-24)23-21(26)16-6-4-7-17(13-16)22(27)28/h2-8,13,18H,9-12,14H2,1H3,(H,23,26)(H,27,28). The molecule has 1 fully saturated rings. The molecule has 0 aliphatic carbocycles. The first kappa shape index (κ1) is 20.4. The molecule has 0 atom stereocenters. The Morgan fingerprint density at radius 2 is 1.76 bits per heavy atom. The van der Waals surface area contributed by atoms with Gasteiger partial charge in [0, 0.05) is 30.3 Å². The van der Waals surface area contributed by atoms with Crippen LogP contribution in [0.25, 0.3) is 0 Å². The van der Waals surface area contributed by atoms with Crippen LogP contribution in [0.2, 0.25) is 0 Å². The number of benzene rings is 2. The highest BCUT2D eigenvalue weighted by Crippen LogP contribution is 2.20. The van der Waals surface area contributed by atoms with Crippen LogP contribution in [0.4, 0.5) is 0 Å². The summed E-state index contributed by atoms with van der Waals surface area (Å²) in [4.78, 5) is 37.9. The second-order valence-corrected chi connectivity index (χ2v) is 7.00. The lowest BCUT2D eigenvalue weighted by Crippen LogP contribution is -2.47. The molecule has 1 heterocycles. The molecule has 2 aromatic carbocycles. The largest absolute Gasteiger partial charge is 0.496 e. The summed E-state index contributed by atoms with van der Waals surface area (Å²) in [5, 5.41) is 12.0. The van der Waals surface area contributed by atoms with Crippen LogP contribution >= 0.6 is 0 Å². The summed E-state index contributed by atoms with van der Waals surface area (Å²) >= 11 is 0. The maximum Gasteiger partial charge on any atom is 0.335 e. The predicted molar refractivity (Wildman–Crippen MR) is 107 cm³/mol. The molecule has 2 amide bonds. The van der Waals surface area contributed by atoms with Gasteiger partial charge in [-0.25, -0.2) is 4.79 Å². The van der Waals surface area contributed by atoms with E-state index >= 15 is 0 Å². The molecule has 2 N–H and O–H groups in total. The fourth-order valence-electron chi connectivity index (χ4n) is 3.46. The number of ether oxygens (including phenoxy) is 1. The second kappa shape index (κ2) is 9.23. The summed E-state index contributed by atoms with van der Waals surface area (Å²) in [5.74, 6) is -0.631. The third-order valence-corrected chi connectivity index (χ3v) is 5.09. The number of amides is 2. The molecule has 7 heteroatoms. The number of carbonyl (C=O) groups excluding carboxylic acids is 2. The highest BCUT2D eigenvalue weighted by molar-refractivity contribution is 5.97. The second-order valence-electron chi connectivity index (χ2n) is 7.00. The minimum Gasteiger partial charge on any atom is -0.496 e. The van der Waals surface area contributed by atoms with Gasteiger partial charge in [-0.05, 0) is 37.1 Å². The van der Waals surface area contributed by atoms with Crippen LogP contribution < -0.4 is 10.1 Å². The molecule has 0 radical (unpaired) electrons. The number of piperidine rings is 1. The Hall–Kier alpha value is -3.35. The van der Waals surface area contributed by atoms with Gasteiger partial charge >= 0.3 is 5.97 Å². The van der Waals surface area contributed by atoms with E-state index in [9.17, 15) is 14.4 Å². The van der Waals surface area contributed by atoms with Crippen molar-refractivity contribution in [3.63, 3.8) is 0 Å². The zero-order valence-electron chi connectivity index (χ0n) is 16.3. The summed E-state index contributed by atoms with van der Waals surface area (Å²) in [6.07, 6.45) is 1.59. The lowest BCUT2D eigenvalue weighted by atomic mass is 10.0. The van der Waals surface area contributed by atoms with Gasteiger partial charge in [-0.15, -0.1) is 0 Å². The Kier molecular flexibility index (Phi) is 6.49. The third-order valence-electron chi connectivity index (χ3n) is 5.09. The third kappa shape index (κ3) is 5.13. The lowest BCUT2D eigenvalue weighted by molar-refractivity contribution is -0.131. The number of hydrogen-bond donors (Lipinski definition) is 2. The van der Waals surface area contributed by atoms with Crippen LogP contribution in [0.5, 0.6) is 5.75 Å². The summed E-state index contributed by atoms with van der Waals surface area (Å²) in [6.45, 7) is 1.13. The predicted octanol–water partition coefficient (Wildman–Crippen LogP) is 2.36. The molecular weight excluding hydrogens is 372 g/mol. The van der Waals surface area contributed by atoms with Crippen molar-refractivity contribution in [1.29, 1.82) is 0 Å². The van der Waals surface area contributed by atoms with Gasteiger partial charge in [-0.2, -0.15) is 0 Å². The van der Waals surface area contributed by atoms with Gasteiger partial charge in [-0.1, -0.05) is 24.3 Å². The summed E-state index contributed by atoms with van der Waals surface area (Å²) in [6, 6.07) is 13.4. The van der Waals surface area contributed by atoms with Crippen LogP contribution in [0, 0.1) is 0 Å². The zero-order valence-corrected chi connectivity index (χ0v) is 16.3. The van der Waals surface area contributed by atoms with Crippen LogP contribution in [0.1, 0.15) is 39.1 Å². The number of nitrogens with one attached hydrogen (secondary N) is 1. The number of para-hydroxylation sites is 1. The monoisotopic (exact) mass is 396 g/mol. The molecule has 2 aromatic rings. The van der Waals surface area contributed by atoms with Crippen molar-refractivity contribution in [3.8, 4) is 5.75 Å². The Bertz CT molecular complexity index is 904. The molecule has 3 rings (SSSR count). The number of likely N-dealkylation sites (tertiary alicyclic amines) is 1. The van der Waals surface area contributed by atoms with Gasteiger partial charge in [0.25, 0.3) is 5.91 Å². The van der Waals surface area contributed by atoms with E-state index in [1.165, 1.54) is 12.1 Å². The molecule has 152 valence electrons. The molecule has 0 spiro atoms. The van der Waals surface area contributed by atoms with Gasteiger partial charge < -0.3 is 20.1 Å². The van der Waals surface area contributed by atoms with Gasteiger partial charge in [0.1, 0.15) is 5.75 Å². The van der Waals surface area contributed by atoms with E-state index in [0.29, 0.717) is 37.2 Å². The van der Waals surface area contributed by atoms with Crippen molar-refractivity contribution in [2.45, 2.75) is 25.3 Å². The maximum atomic E-state index is 12.6. The number of hydrogen-bond acceptors (Lipinski definition) is 4. The van der Waals surface area contributed by atoms with Gasteiger partial charge in [0.15, 0.2) is 0 Å². The van der Waals surface area contributed by atoms with E-state index in [0.717, 1.165) is 5.56 Å². The minimum absolute atomic E-state index is 0.0356. The van der Waals surface area contributed by atoms with Crippen molar-refractivity contribution in [2.75, 3.05) is 20.2 Å². The molecule has 0 saturated carbocycles. The Balaban J connectivity index is 1.52. The molecule has 1 aliphatic rings. The summed E-state index contributed by atoms with van der Waals surface area (Å²) in [7, 11) is 1.59. The van der Waals surface area contributed by atoms with Crippen molar-refractivity contribution in [1.82, 2.24) is 10.2 Å². The molecular formula is C22H24N2O5. The summed E-state index contributed by atoms with van der Waals surface area (Å²) < 4.78 is 5.30. The van der Waals surface area contributed by atoms with E-state index in [1.54, 1.807) is 24.1 Å². The number of methoxy groups -OCH3 is 1. The van der Waals surface area contributed by atoms with Gasteiger partial charge in [0.2, 0.25) is 5.91 Å². The number of carboxylic acids is 1. The first-order chi connectivity index (χ1) is 14.0. The first-order valence-corrected chi connectivity index (χ1v) is 9.52. The van der Waals surface area contributed by atoms with E-state index in [-0.39, 0.29) is 29.8 Å². The Labute approximate surface area is 169 Å². The van der Waals surface area contributed by atoms with E-state index < -0.39 is 5.97 Å². The molecule has 29 heavy (non-hydrogen) atoms. The molecule has 1 aliphatic heterocycles. The van der Waals surface area contributed by atoms with Crippen molar-refractivity contribution in [3.05, 3.63) is 65.2 Å².